The summed E-state index contributed by atoms with van der Waals surface area (Å²) in [5.41, 5.74) is 0. The summed E-state index contributed by atoms with van der Waals surface area (Å²) in [5.74, 6) is 0. The maximum Gasteiger partial charge on any atom is 0.0385 e. The highest BCUT2D eigenvalue weighted by molar-refractivity contribution is 5.56. The molecule has 0 rings (SSSR count). The zero-order chi connectivity index (χ0) is 9.07. The van der Waals surface area contributed by atoms with E-state index >= 15 is 0 Å². The molecule has 72 valence electrons. The molecule has 1 heteroatoms. The topological polar surface area (TPSA) is 12.4 Å². The van der Waals surface area contributed by atoms with Crippen LogP contribution in [0.3, 0.4) is 0 Å². The highest BCUT2D eigenvalue weighted by Crippen LogP contribution is 2.04. The molecule has 0 radical (unpaired) electrons. The molecular weight excluding hydrogens is 146 g/mol. The summed E-state index contributed by atoms with van der Waals surface area (Å²) < 4.78 is 0. The lowest BCUT2D eigenvalue weighted by Crippen LogP contribution is -1.83. The molecule has 0 amide bonds. The van der Waals surface area contributed by atoms with Crippen LogP contribution in [0.25, 0.3) is 0 Å². The zero-order valence-corrected chi connectivity index (χ0v) is 8.68. The highest BCUT2D eigenvalue weighted by Gasteiger charge is 1.87. The average molecular weight is 169 g/mol. The number of hydrogen-bond acceptors (Lipinski definition) is 1. The van der Waals surface area contributed by atoms with Crippen LogP contribution in [0.4, 0.5) is 0 Å². The molecule has 0 bridgehead atoms. The lowest BCUT2D eigenvalue weighted by atomic mass is 10.1. The first-order valence-corrected chi connectivity index (χ1v) is 5.40. The van der Waals surface area contributed by atoms with Crippen LogP contribution in [0, 0.1) is 0 Å². The van der Waals surface area contributed by atoms with E-state index in [-0.39, 0.29) is 0 Å². The Labute approximate surface area is 77.3 Å². The second kappa shape index (κ2) is 10.7. The van der Waals surface area contributed by atoms with Crippen molar-refractivity contribution in [2.45, 2.75) is 58.8 Å². The Morgan fingerprint density at radius 3 is 2.25 bits per heavy atom. The third-order valence-electron chi connectivity index (χ3n) is 1.95. The van der Waals surface area contributed by atoms with Gasteiger partial charge in [-0.3, -0.25) is 4.99 Å². The van der Waals surface area contributed by atoms with Gasteiger partial charge in [0, 0.05) is 6.54 Å². The van der Waals surface area contributed by atoms with Crippen LogP contribution in [0.15, 0.2) is 4.99 Å². The van der Waals surface area contributed by atoms with E-state index in [2.05, 4.69) is 18.8 Å². The minimum absolute atomic E-state index is 1.04. The van der Waals surface area contributed by atoms with Gasteiger partial charge in [-0.05, 0) is 19.1 Å². The van der Waals surface area contributed by atoms with Gasteiger partial charge in [0.1, 0.15) is 0 Å². The van der Waals surface area contributed by atoms with Gasteiger partial charge < -0.3 is 0 Å². The normalized spacial score (nSPS) is 11.2. The molecule has 0 aromatic carbocycles. The van der Waals surface area contributed by atoms with Crippen LogP contribution < -0.4 is 0 Å². The predicted molar refractivity (Wildman–Crippen MR) is 57.0 cm³/mol. The SMILES string of the molecule is CCC=NCCCCCCCC. The van der Waals surface area contributed by atoms with E-state index in [9.17, 15) is 0 Å². The number of aliphatic imine (C=N–C) groups is 1. The quantitative estimate of drug-likeness (QED) is 0.387. The average Bonchev–Trinajstić information content (AvgIpc) is 2.10. The molecule has 0 aromatic heterocycles. The summed E-state index contributed by atoms with van der Waals surface area (Å²) in [4.78, 5) is 4.28. The molecule has 0 aliphatic rings. The molecule has 0 saturated heterocycles. The first kappa shape index (κ1) is 11.7. The molecule has 0 fully saturated rings. The van der Waals surface area contributed by atoms with Gasteiger partial charge in [-0.1, -0.05) is 46.0 Å². The van der Waals surface area contributed by atoms with E-state index in [0.29, 0.717) is 0 Å². The van der Waals surface area contributed by atoms with E-state index in [0.717, 1.165) is 13.0 Å². The van der Waals surface area contributed by atoms with E-state index in [1.807, 2.05) is 6.21 Å². The van der Waals surface area contributed by atoms with Gasteiger partial charge in [0.25, 0.3) is 0 Å². The fourth-order valence-electron chi connectivity index (χ4n) is 1.20. The predicted octanol–water partition coefficient (Wildman–Crippen LogP) is 3.83. The van der Waals surface area contributed by atoms with Crippen molar-refractivity contribution in [2.24, 2.45) is 4.99 Å². The van der Waals surface area contributed by atoms with Gasteiger partial charge >= 0.3 is 0 Å². The Hall–Kier alpha value is -0.330. The molecule has 0 aliphatic heterocycles. The highest BCUT2D eigenvalue weighted by atomic mass is 14.7. The van der Waals surface area contributed by atoms with Crippen LogP contribution >= 0.6 is 0 Å². The molecule has 0 spiro atoms. The molecule has 12 heavy (non-hydrogen) atoms. The Morgan fingerprint density at radius 2 is 1.58 bits per heavy atom. The Balaban J connectivity index is 2.86. The van der Waals surface area contributed by atoms with Crippen molar-refractivity contribution < 1.29 is 0 Å². The summed E-state index contributed by atoms with van der Waals surface area (Å²) in [5, 5.41) is 0. The maximum absolute atomic E-state index is 4.28. The Bertz CT molecular complexity index is 97.2. The van der Waals surface area contributed by atoms with Gasteiger partial charge in [0.05, 0.1) is 0 Å². The van der Waals surface area contributed by atoms with Crippen LogP contribution in [-0.2, 0) is 0 Å². The number of unbranched alkanes of at least 4 members (excludes halogenated alkanes) is 5. The molecule has 0 unspecified atom stereocenters. The summed E-state index contributed by atoms with van der Waals surface area (Å²) in [6, 6.07) is 0. The summed E-state index contributed by atoms with van der Waals surface area (Å²) >= 11 is 0. The monoisotopic (exact) mass is 169 g/mol. The van der Waals surface area contributed by atoms with Crippen molar-refractivity contribution in [3.8, 4) is 0 Å². The third kappa shape index (κ3) is 9.67. The molecule has 0 N–H and O–H groups in total. The standard InChI is InChI=1S/C11H23N/c1-3-5-6-7-8-9-11-12-10-4-2/h10H,3-9,11H2,1-2H3. The van der Waals surface area contributed by atoms with Crippen LogP contribution in [0.1, 0.15) is 58.8 Å². The third-order valence-corrected chi connectivity index (χ3v) is 1.95. The van der Waals surface area contributed by atoms with Crippen LogP contribution in [0.5, 0.6) is 0 Å². The molecular formula is C11H23N. The Kier molecular flexibility index (Phi) is 10.4. The van der Waals surface area contributed by atoms with E-state index in [1.165, 1.54) is 38.5 Å². The fraction of sp³-hybridized carbons (Fsp3) is 0.909. The maximum atomic E-state index is 4.28. The Morgan fingerprint density at radius 1 is 0.917 bits per heavy atom. The molecule has 1 nitrogen and oxygen atoms in total. The summed E-state index contributed by atoms with van der Waals surface area (Å²) in [7, 11) is 0. The molecule has 0 aliphatic carbocycles. The fourth-order valence-corrected chi connectivity index (χ4v) is 1.20. The molecule has 0 aromatic rings. The summed E-state index contributed by atoms with van der Waals surface area (Å²) in [6.07, 6.45) is 11.3. The largest absolute Gasteiger partial charge is 0.298 e. The minimum Gasteiger partial charge on any atom is -0.298 e. The van der Waals surface area contributed by atoms with Crippen molar-refractivity contribution in [3.05, 3.63) is 0 Å². The van der Waals surface area contributed by atoms with E-state index in [1.54, 1.807) is 0 Å². The first-order valence-electron chi connectivity index (χ1n) is 5.40. The second-order valence-electron chi connectivity index (χ2n) is 3.26. The van der Waals surface area contributed by atoms with Gasteiger partial charge in [-0.2, -0.15) is 0 Å². The zero-order valence-electron chi connectivity index (χ0n) is 8.68. The molecule has 0 heterocycles. The smallest absolute Gasteiger partial charge is 0.0385 e. The van der Waals surface area contributed by atoms with Gasteiger partial charge in [-0.25, -0.2) is 0 Å². The van der Waals surface area contributed by atoms with Crippen molar-refractivity contribution >= 4 is 6.21 Å². The van der Waals surface area contributed by atoms with Gasteiger partial charge in [-0.15, -0.1) is 0 Å². The summed E-state index contributed by atoms with van der Waals surface area (Å²) in [6.45, 7) is 5.43. The van der Waals surface area contributed by atoms with Crippen LogP contribution in [-0.4, -0.2) is 12.8 Å². The lowest BCUT2D eigenvalue weighted by Gasteiger charge is -1.97. The first-order chi connectivity index (χ1) is 5.91. The van der Waals surface area contributed by atoms with E-state index in [4.69, 9.17) is 0 Å². The van der Waals surface area contributed by atoms with Crippen molar-refractivity contribution in [1.82, 2.24) is 0 Å². The number of nitrogens with zero attached hydrogens (tertiary/aromatic N) is 1. The number of hydrogen-bond donors (Lipinski definition) is 0. The van der Waals surface area contributed by atoms with Crippen LogP contribution in [0.2, 0.25) is 0 Å². The van der Waals surface area contributed by atoms with Crippen molar-refractivity contribution in [3.63, 3.8) is 0 Å². The lowest BCUT2D eigenvalue weighted by molar-refractivity contribution is 0.612. The van der Waals surface area contributed by atoms with E-state index < -0.39 is 0 Å². The van der Waals surface area contributed by atoms with Gasteiger partial charge in [0.2, 0.25) is 0 Å². The van der Waals surface area contributed by atoms with Crippen molar-refractivity contribution in [2.75, 3.05) is 6.54 Å². The molecule has 0 saturated carbocycles. The number of rotatable bonds is 8. The van der Waals surface area contributed by atoms with Crippen molar-refractivity contribution in [1.29, 1.82) is 0 Å². The van der Waals surface area contributed by atoms with Gasteiger partial charge in [0.15, 0.2) is 0 Å². The minimum atomic E-state index is 1.04. The second-order valence-corrected chi connectivity index (χ2v) is 3.26. The molecule has 0 atom stereocenters.